The van der Waals surface area contributed by atoms with Crippen LogP contribution in [-0.4, -0.2) is 44.3 Å². The van der Waals surface area contributed by atoms with E-state index in [0.29, 0.717) is 0 Å². The Kier molecular flexibility index (Phi) is 11.2. The van der Waals surface area contributed by atoms with Gasteiger partial charge in [-0.3, -0.25) is 0 Å². The summed E-state index contributed by atoms with van der Waals surface area (Å²) < 4.78 is 17.8. The van der Waals surface area contributed by atoms with E-state index in [1.165, 1.54) is 0 Å². The predicted octanol–water partition coefficient (Wildman–Crippen LogP) is -3.08. The monoisotopic (exact) mass is 339 g/mol. The van der Waals surface area contributed by atoms with Crippen molar-refractivity contribution in [2.45, 2.75) is 0 Å². The molecular weight excluding hydrogens is 324 g/mol. The Hall–Kier alpha value is -1.41. The van der Waals surface area contributed by atoms with Crippen LogP contribution in [0.5, 0.6) is 0 Å². The molecule has 0 spiro atoms. The molecule has 20 heavy (non-hydrogen) atoms. The average Bonchev–Trinajstić information content (AvgIpc) is 1.91. The van der Waals surface area contributed by atoms with Crippen LogP contribution in [0.2, 0.25) is 0 Å². The van der Waals surface area contributed by atoms with Gasteiger partial charge in [-0.1, -0.05) is 0 Å². The van der Waals surface area contributed by atoms with Crippen LogP contribution in [0.4, 0.5) is 17.8 Å². The molecule has 0 aliphatic heterocycles. The number of hydrogen-bond acceptors (Lipinski definition) is 9. The summed E-state index contributed by atoms with van der Waals surface area (Å²) in [6.45, 7) is 0. The fraction of sp³-hybridized carbons (Fsp3) is 0. The summed E-state index contributed by atoms with van der Waals surface area (Å²) in [5, 5.41) is 0. The van der Waals surface area contributed by atoms with E-state index >= 15 is 0 Å². The first-order valence-corrected chi connectivity index (χ1v) is 6.90. The van der Waals surface area contributed by atoms with Crippen LogP contribution in [0.3, 0.4) is 0 Å². The third-order valence-electron chi connectivity index (χ3n) is 0.687. The zero-order chi connectivity index (χ0) is 15.9. The predicted molar refractivity (Wildman–Crippen MR) is 66.6 cm³/mol. The summed E-state index contributed by atoms with van der Waals surface area (Å²) in [6.07, 6.45) is 0. The fourth-order valence-corrected chi connectivity index (χ4v) is 0.427. The van der Waals surface area contributed by atoms with E-state index in [1.807, 2.05) is 0 Å². The molecule has 0 amide bonds. The second kappa shape index (κ2) is 9.49. The Morgan fingerprint density at radius 3 is 0.850 bits per heavy atom. The second-order valence-electron chi connectivity index (χ2n) is 2.44. The molecule has 0 radical (unpaired) electrons. The van der Waals surface area contributed by atoms with E-state index < -0.39 is 15.6 Å². The van der Waals surface area contributed by atoms with Crippen molar-refractivity contribution in [3.05, 3.63) is 0 Å². The molecule has 0 fully saturated rings. The van der Waals surface area contributed by atoms with Crippen LogP contribution in [0, 0.1) is 0 Å². The largest absolute Gasteiger partial charge is 0.466 e. The molecule has 15 nitrogen and oxygen atoms in total. The first-order valence-electron chi connectivity index (χ1n) is 3.77. The summed E-state index contributed by atoms with van der Waals surface area (Å²) in [5.74, 6) is 0.125. The minimum atomic E-state index is -4.64. The Balaban J connectivity index is -0.000000230. The molecule has 1 aromatic heterocycles. The number of hydrogen-bond donors (Lipinski definition) is 10. The molecular formula is C3H15N7O8P2. The number of aromatic nitrogens is 3. The molecule has 1 heterocycles. The van der Waals surface area contributed by atoms with Crippen molar-refractivity contribution in [1.29, 1.82) is 0 Å². The van der Waals surface area contributed by atoms with Crippen molar-refractivity contribution in [1.82, 2.24) is 21.1 Å². The molecule has 0 bridgehead atoms. The van der Waals surface area contributed by atoms with Gasteiger partial charge in [-0.2, -0.15) is 15.0 Å². The summed E-state index contributed by atoms with van der Waals surface area (Å²) in [5.41, 5.74) is 15.4. The average molecular weight is 339 g/mol. The highest BCUT2D eigenvalue weighted by atomic mass is 31.2. The highest BCUT2D eigenvalue weighted by molar-refractivity contribution is 7.45. The Morgan fingerprint density at radius 1 is 0.650 bits per heavy atom. The zero-order valence-electron chi connectivity index (χ0n) is 9.68. The molecule has 15 N–H and O–H groups in total. The lowest BCUT2D eigenvalue weighted by Crippen LogP contribution is -2.05. The van der Waals surface area contributed by atoms with Gasteiger partial charge in [0.15, 0.2) is 0 Å². The summed E-state index contributed by atoms with van der Waals surface area (Å²) in [4.78, 5) is 53.6. The van der Waals surface area contributed by atoms with Crippen LogP contribution >= 0.6 is 15.6 Å². The SMILES string of the molecule is N.Nc1nc(N)nc(N)n1.O=P(O)(O)O.O=P(O)(O)O. The minimum Gasteiger partial charge on any atom is -0.368 e. The summed E-state index contributed by atoms with van der Waals surface area (Å²) >= 11 is 0. The van der Waals surface area contributed by atoms with Gasteiger partial charge in [-0.25, -0.2) is 9.13 Å². The number of rotatable bonds is 0. The molecule has 0 aromatic carbocycles. The number of nitrogens with two attached hydrogens (primary N) is 3. The van der Waals surface area contributed by atoms with Crippen LogP contribution in [-0.2, 0) is 9.13 Å². The molecule has 120 valence electrons. The van der Waals surface area contributed by atoms with Gasteiger partial charge in [0.05, 0.1) is 0 Å². The first kappa shape index (κ1) is 23.7. The van der Waals surface area contributed by atoms with Crippen molar-refractivity contribution < 1.29 is 38.5 Å². The van der Waals surface area contributed by atoms with E-state index in [0.717, 1.165) is 0 Å². The Labute approximate surface area is 111 Å². The van der Waals surface area contributed by atoms with Crippen LogP contribution in [0.15, 0.2) is 0 Å². The van der Waals surface area contributed by atoms with Crippen molar-refractivity contribution in [2.75, 3.05) is 17.2 Å². The molecule has 0 aliphatic carbocycles. The van der Waals surface area contributed by atoms with Crippen molar-refractivity contribution in [3.8, 4) is 0 Å². The highest BCUT2D eigenvalue weighted by Crippen LogP contribution is 2.26. The number of phosphoric acid groups is 2. The third kappa shape index (κ3) is 36.0. The van der Waals surface area contributed by atoms with E-state index in [-0.39, 0.29) is 24.0 Å². The van der Waals surface area contributed by atoms with E-state index in [1.54, 1.807) is 0 Å². The molecule has 1 rings (SSSR count). The highest BCUT2D eigenvalue weighted by Gasteiger charge is 2.00. The lowest BCUT2D eigenvalue weighted by Gasteiger charge is -1.93. The summed E-state index contributed by atoms with van der Waals surface area (Å²) in [6, 6.07) is 0. The lowest BCUT2D eigenvalue weighted by molar-refractivity contribution is 0.272. The smallest absolute Gasteiger partial charge is 0.368 e. The quantitative estimate of drug-likeness (QED) is 0.209. The van der Waals surface area contributed by atoms with Crippen molar-refractivity contribution in [2.24, 2.45) is 0 Å². The van der Waals surface area contributed by atoms with E-state index in [2.05, 4.69) is 15.0 Å². The first-order chi connectivity index (χ1) is 8.18. The molecule has 0 unspecified atom stereocenters. The molecule has 17 heteroatoms. The van der Waals surface area contributed by atoms with Gasteiger partial charge in [0.25, 0.3) is 0 Å². The third-order valence-corrected chi connectivity index (χ3v) is 0.687. The van der Waals surface area contributed by atoms with Crippen LogP contribution in [0.25, 0.3) is 0 Å². The Morgan fingerprint density at radius 2 is 0.750 bits per heavy atom. The van der Waals surface area contributed by atoms with Gasteiger partial charge >= 0.3 is 15.6 Å². The molecule has 0 saturated heterocycles. The maximum atomic E-state index is 8.88. The second-order valence-corrected chi connectivity index (χ2v) is 4.49. The number of nitrogens with zero attached hydrogens (tertiary/aromatic N) is 3. The standard InChI is InChI=1S/C3H6N6.H3N.2H3O4P/c4-1-7-2(5)9-3(6)8-1;;2*1-5(2,3)4/h(H6,4,5,6,7,8,9);1H3;2*(H3,1,2,3,4). The van der Waals surface area contributed by atoms with Gasteiger partial charge < -0.3 is 52.7 Å². The van der Waals surface area contributed by atoms with Gasteiger partial charge in [-0.15, -0.1) is 0 Å². The van der Waals surface area contributed by atoms with Gasteiger partial charge in [-0.05, 0) is 0 Å². The molecule has 0 aliphatic rings. The number of anilines is 3. The maximum absolute atomic E-state index is 8.88. The van der Waals surface area contributed by atoms with E-state index in [9.17, 15) is 0 Å². The summed E-state index contributed by atoms with van der Waals surface area (Å²) in [7, 11) is -9.28. The molecule has 0 atom stereocenters. The molecule has 1 aromatic rings. The van der Waals surface area contributed by atoms with Crippen LogP contribution < -0.4 is 23.4 Å². The normalized spacial score (nSPS) is 10.1. The van der Waals surface area contributed by atoms with Gasteiger partial charge in [0, 0.05) is 0 Å². The minimum absolute atomic E-state index is 0. The zero-order valence-corrected chi connectivity index (χ0v) is 11.5. The van der Waals surface area contributed by atoms with Crippen LogP contribution in [0.1, 0.15) is 0 Å². The van der Waals surface area contributed by atoms with E-state index in [4.69, 9.17) is 55.7 Å². The number of nitrogen functional groups attached to an aromatic ring is 3. The maximum Gasteiger partial charge on any atom is 0.466 e. The topological polar surface area (TPSA) is 307 Å². The van der Waals surface area contributed by atoms with Gasteiger partial charge in [0.2, 0.25) is 17.8 Å². The van der Waals surface area contributed by atoms with Crippen molar-refractivity contribution >= 4 is 33.5 Å². The van der Waals surface area contributed by atoms with Crippen molar-refractivity contribution in [3.63, 3.8) is 0 Å². The lowest BCUT2D eigenvalue weighted by atomic mass is 10.9. The molecule has 0 saturated carbocycles. The van der Waals surface area contributed by atoms with Gasteiger partial charge in [0.1, 0.15) is 0 Å². The Bertz CT molecular complexity index is 398. The fourth-order valence-electron chi connectivity index (χ4n) is 0.427.